The summed E-state index contributed by atoms with van der Waals surface area (Å²) >= 11 is 12.4. The SMILES string of the molecule is CCNC1CC(c2cc(Br)c(Br)s2)Oc2cc(Br)ccc21. The number of nitrogens with one attached hydrogen (secondary N) is 1. The van der Waals surface area contributed by atoms with Gasteiger partial charge in [0.05, 0.1) is 3.79 Å². The van der Waals surface area contributed by atoms with Crippen molar-refractivity contribution in [2.75, 3.05) is 6.54 Å². The summed E-state index contributed by atoms with van der Waals surface area (Å²) in [6.07, 6.45) is 1.03. The number of halogens is 3. The summed E-state index contributed by atoms with van der Waals surface area (Å²) in [6, 6.07) is 8.75. The summed E-state index contributed by atoms with van der Waals surface area (Å²) < 4.78 is 9.49. The number of hydrogen-bond acceptors (Lipinski definition) is 3. The molecule has 0 fully saturated rings. The standard InChI is InChI=1S/C15H14Br3NOS/c1-2-19-11-7-13(14-6-10(17)15(18)21-14)20-12-5-8(16)3-4-9(11)12/h3-6,11,13,19H,2,7H2,1H3. The molecule has 2 unspecified atom stereocenters. The van der Waals surface area contributed by atoms with Crippen molar-refractivity contribution in [2.45, 2.75) is 25.5 Å². The van der Waals surface area contributed by atoms with Crippen LogP contribution < -0.4 is 10.1 Å². The normalized spacial score (nSPS) is 21.0. The molecule has 3 rings (SSSR count). The molecule has 1 aromatic carbocycles. The predicted octanol–water partition coefficient (Wildman–Crippen LogP) is 6.21. The highest BCUT2D eigenvalue weighted by molar-refractivity contribution is 9.13. The van der Waals surface area contributed by atoms with Crippen molar-refractivity contribution in [2.24, 2.45) is 0 Å². The van der Waals surface area contributed by atoms with E-state index in [0.29, 0.717) is 6.04 Å². The molecule has 112 valence electrons. The third-order valence-corrected chi connectivity index (χ3v) is 7.34. The Labute approximate surface area is 153 Å². The molecular formula is C15H14Br3NOS. The average molecular weight is 496 g/mol. The summed E-state index contributed by atoms with van der Waals surface area (Å²) in [7, 11) is 0. The van der Waals surface area contributed by atoms with E-state index in [-0.39, 0.29) is 6.10 Å². The van der Waals surface area contributed by atoms with Crippen molar-refractivity contribution in [3.05, 3.63) is 47.4 Å². The number of benzene rings is 1. The number of hydrogen-bond donors (Lipinski definition) is 1. The average Bonchev–Trinajstić information content (AvgIpc) is 2.78. The first-order chi connectivity index (χ1) is 10.1. The maximum Gasteiger partial charge on any atom is 0.135 e. The second kappa shape index (κ2) is 6.71. The topological polar surface area (TPSA) is 21.3 Å². The second-order valence-electron chi connectivity index (χ2n) is 4.91. The summed E-state index contributed by atoms with van der Waals surface area (Å²) in [5.41, 5.74) is 1.24. The molecule has 0 aliphatic carbocycles. The monoisotopic (exact) mass is 493 g/mol. The molecule has 1 aromatic heterocycles. The van der Waals surface area contributed by atoms with Crippen LogP contribution in [0.15, 0.2) is 37.0 Å². The molecule has 0 saturated heterocycles. The molecule has 0 spiro atoms. The molecule has 0 radical (unpaired) electrons. The predicted molar refractivity (Wildman–Crippen MR) is 98.3 cm³/mol. The van der Waals surface area contributed by atoms with E-state index in [4.69, 9.17) is 4.74 Å². The highest BCUT2D eigenvalue weighted by Crippen LogP contribution is 2.45. The number of rotatable bonds is 3. The van der Waals surface area contributed by atoms with Gasteiger partial charge in [-0.25, -0.2) is 0 Å². The van der Waals surface area contributed by atoms with Crippen LogP contribution in [0.4, 0.5) is 0 Å². The van der Waals surface area contributed by atoms with Gasteiger partial charge in [0, 0.05) is 31.8 Å². The second-order valence-corrected chi connectivity index (χ2v) is 9.08. The molecular weight excluding hydrogens is 482 g/mol. The first-order valence-electron chi connectivity index (χ1n) is 6.72. The van der Waals surface area contributed by atoms with Gasteiger partial charge in [0.1, 0.15) is 11.9 Å². The van der Waals surface area contributed by atoms with Gasteiger partial charge in [-0.1, -0.05) is 28.9 Å². The number of fused-ring (bicyclic) bond motifs is 1. The quantitative estimate of drug-likeness (QED) is 0.546. The van der Waals surface area contributed by atoms with Gasteiger partial charge in [0.15, 0.2) is 0 Å². The third kappa shape index (κ3) is 3.39. The van der Waals surface area contributed by atoms with Gasteiger partial charge in [0.2, 0.25) is 0 Å². The van der Waals surface area contributed by atoms with Gasteiger partial charge < -0.3 is 10.1 Å². The van der Waals surface area contributed by atoms with Gasteiger partial charge in [-0.05, 0) is 56.6 Å². The van der Waals surface area contributed by atoms with Crippen molar-refractivity contribution >= 4 is 59.1 Å². The lowest BCUT2D eigenvalue weighted by atomic mass is 9.96. The van der Waals surface area contributed by atoms with Crippen LogP contribution in [0.3, 0.4) is 0 Å². The zero-order chi connectivity index (χ0) is 15.0. The zero-order valence-electron chi connectivity index (χ0n) is 11.3. The van der Waals surface area contributed by atoms with Crippen molar-refractivity contribution in [3.63, 3.8) is 0 Å². The van der Waals surface area contributed by atoms with Crippen LogP contribution in [0.5, 0.6) is 5.75 Å². The Morgan fingerprint density at radius 1 is 1.29 bits per heavy atom. The molecule has 0 amide bonds. The van der Waals surface area contributed by atoms with Crippen molar-refractivity contribution in [1.82, 2.24) is 5.32 Å². The Hall–Kier alpha value is 0.120. The van der Waals surface area contributed by atoms with E-state index in [0.717, 1.165) is 31.4 Å². The Kier molecular flexibility index (Phi) is 5.11. The maximum atomic E-state index is 6.24. The summed E-state index contributed by atoms with van der Waals surface area (Å²) in [5, 5.41) is 3.57. The fourth-order valence-corrected chi connectivity index (χ4v) is 5.05. The van der Waals surface area contributed by atoms with E-state index in [1.54, 1.807) is 11.3 Å². The van der Waals surface area contributed by atoms with Crippen LogP contribution in [-0.2, 0) is 0 Å². The molecule has 0 saturated carbocycles. The van der Waals surface area contributed by atoms with E-state index in [1.165, 1.54) is 10.4 Å². The molecule has 2 nitrogen and oxygen atoms in total. The van der Waals surface area contributed by atoms with Crippen LogP contribution in [-0.4, -0.2) is 6.54 Å². The minimum absolute atomic E-state index is 0.0865. The van der Waals surface area contributed by atoms with E-state index in [9.17, 15) is 0 Å². The zero-order valence-corrected chi connectivity index (χ0v) is 16.9. The smallest absolute Gasteiger partial charge is 0.135 e. The molecule has 1 aliphatic heterocycles. The van der Waals surface area contributed by atoms with E-state index in [2.05, 4.69) is 84.3 Å². The minimum Gasteiger partial charge on any atom is -0.484 e. The van der Waals surface area contributed by atoms with Gasteiger partial charge in [-0.15, -0.1) is 11.3 Å². The molecule has 21 heavy (non-hydrogen) atoms. The van der Waals surface area contributed by atoms with Gasteiger partial charge >= 0.3 is 0 Å². The highest BCUT2D eigenvalue weighted by Gasteiger charge is 2.30. The lowest BCUT2D eigenvalue weighted by molar-refractivity contribution is 0.155. The Balaban J connectivity index is 1.96. The third-order valence-electron chi connectivity index (χ3n) is 3.50. The van der Waals surface area contributed by atoms with E-state index in [1.807, 2.05) is 0 Å². The molecule has 2 heterocycles. The summed E-state index contributed by atoms with van der Waals surface area (Å²) in [6.45, 7) is 3.09. The number of thiophene rings is 1. The van der Waals surface area contributed by atoms with Crippen LogP contribution >= 0.6 is 59.1 Å². The summed E-state index contributed by atoms with van der Waals surface area (Å²) in [5.74, 6) is 0.965. The van der Waals surface area contributed by atoms with E-state index < -0.39 is 0 Å². The molecule has 2 atom stereocenters. The first-order valence-corrected chi connectivity index (χ1v) is 9.92. The number of ether oxygens (including phenoxy) is 1. The van der Waals surface area contributed by atoms with Crippen LogP contribution in [0.1, 0.15) is 35.9 Å². The van der Waals surface area contributed by atoms with Crippen LogP contribution in [0, 0.1) is 0 Å². The largest absolute Gasteiger partial charge is 0.484 e. The lowest BCUT2D eigenvalue weighted by Crippen LogP contribution is -2.28. The van der Waals surface area contributed by atoms with Crippen molar-refractivity contribution in [3.8, 4) is 5.75 Å². The van der Waals surface area contributed by atoms with Crippen LogP contribution in [0.2, 0.25) is 0 Å². The van der Waals surface area contributed by atoms with Crippen molar-refractivity contribution < 1.29 is 4.74 Å². The fraction of sp³-hybridized carbons (Fsp3) is 0.333. The minimum atomic E-state index is 0.0865. The molecule has 0 bridgehead atoms. The Morgan fingerprint density at radius 2 is 2.10 bits per heavy atom. The van der Waals surface area contributed by atoms with Gasteiger partial charge in [-0.3, -0.25) is 0 Å². The highest BCUT2D eigenvalue weighted by atomic mass is 79.9. The lowest BCUT2D eigenvalue weighted by Gasteiger charge is -2.32. The summed E-state index contributed by atoms with van der Waals surface area (Å²) in [4.78, 5) is 1.24. The molecule has 2 aromatic rings. The fourth-order valence-electron chi connectivity index (χ4n) is 2.58. The molecule has 1 aliphatic rings. The maximum absolute atomic E-state index is 6.24. The van der Waals surface area contributed by atoms with Crippen LogP contribution in [0.25, 0.3) is 0 Å². The van der Waals surface area contributed by atoms with E-state index >= 15 is 0 Å². The Morgan fingerprint density at radius 3 is 2.76 bits per heavy atom. The first kappa shape index (κ1) is 16.0. The van der Waals surface area contributed by atoms with Crippen molar-refractivity contribution in [1.29, 1.82) is 0 Å². The molecule has 6 heteroatoms. The Bertz CT molecular complexity index is 639. The van der Waals surface area contributed by atoms with Gasteiger partial charge in [0.25, 0.3) is 0 Å². The molecule has 1 N–H and O–H groups in total. The van der Waals surface area contributed by atoms with Gasteiger partial charge in [-0.2, -0.15) is 0 Å².